The highest BCUT2D eigenvalue weighted by atomic mass is 19.2. The van der Waals surface area contributed by atoms with Gasteiger partial charge in [0.25, 0.3) is 0 Å². The summed E-state index contributed by atoms with van der Waals surface area (Å²) < 4.78 is 25.9. The van der Waals surface area contributed by atoms with E-state index in [-0.39, 0.29) is 24.2 Å². The van der Waals surface area contributed by atoms with E-state index in [4.69, 9.17) is 5.73 Å². The molecular formula is C15H19F2N3O. The van der Waals surface area contributed by atoms with Gasteiger partial charge in [-0.3, -0.25) is 9.69 Å². The number of nitrogens with one attached hydrogen (secondary N) is 1. The molecule has 0 radical (unpaired) electrons. The standard InChI is InChI=1S/C15H19F2N3O/c16-12-3-2-10(5-13(12)17)19-15(21)8-20-6-9-1-4-14(18)11(9)7-20/h2-3,5,9,11,14H,1,4,6-8,18H2,(H,19,21). The molecule has 1 aliphatic heterocycles. The van der Waals surface area contributed by atoms with E-state index < -0.39 is 11.6 Å². The van der Waals surface area contributed by atoms with Crippen LogP contribution in [-0.4, -0.2) is 36.5 Å². The Bertz CT molecular complexity index is 552. The van der Waals surface area contributed by atoms with Crippen molar-refractivity contribution in [2.45, 2.75) is 18.9 Å². The van der Waals surface area contributed by atoms with E-state index in [2.05, 4.69) is 10.2 Å². The van der Waals surface area contributed by atoms with Crippen LogP contribution in [0.3, 0.4) is 0 Å². The number of hydrogen-bond acceptors (Lipinski definition) is 3. The molecule has 6 heteroatoms. The normalized spacial score (nSPS) is 28.6. The summed E-state index contributed by atoms with van der Waals surface area (Å²) in [7, 11) is 0. The maximum absolute atomic E-state index is 13.1. The average Bonchev–Trinajstić information content (AvgIpc) is 2.96. The molecule has 1 saturated carbocycles. The van der Waals surface area contributed by atoms with Crippen LogP contribution >= 0.6 is 0 Å². The number of halogens is 2. The number of rotatable bonds is 3. The van der Waals surface area contributed by atoms with E-state index >= 15 is 0 Å². The van der Waals surface area contributed by atoms with Crippen LogP contribution in [0.1, 0.15) is 12.8 Å². The zero-order chi connectivity index (χ0) is 15.0. The lowest BCUT2D eigenvalue weighted by Crippen LogP contribution is -2.34. The second-order valence-electron chi connectivity index (χ2n) is 6.04. The fourth-order valence-corrected chi connectivity index (χ4v) is 3.51. The maximum atomic E-state index is 13.1. The minimum atomic E-state index is -0.963. The highest BCUT2D eigenvalue weighted by Crippen LogP contribution is 2.36. The van der Waals surface area contributed by atoms with E-state index in [9.17, 15) is 13.6 Å². The smallest absolute Gasteiger partial charge is 0.238 e. The Balaban J connectivity index is 1.54. The zero-order valence-corrected chi connectivity index (χ0v) is 11.7. The van der Waals surface area contributed by atoms with Crippen LogP contribution in [0.25, 0.3) is 0 Å². The highest BCUT2D eigenvalue weighted by molar-refractivity contribution is 5.92. The van der Waals surface area contributed by atoms with Crippen molar-refractivity contribution in [2.24, 2.45) is 17.6 Å². The van der Waals surface area contributed by atoms with E-state index in [1.807, 2.05) is 0 Å². The Kier molecular flexibility index (Phi) is 3.91. The van der Waals surface area contributed by atoms with Gasteiger partial charge in [0, 0.05) is 30.9 Å². The first kappa shape index (κ1) is 14.4. The molecule has 3 N–H and O–H groups in total. The van der Waals surface area contributed by atoms with Crippen LogP contribution in [0.2, 0.25) is 0 Å². The van der Waals surface area contributed by atoms with Gasteiger partial charge in [-0.05, 0) is 36.8 Å². The summed E-state index contributed by atoms with van der Waals surface area (Å²) in [5.74, 6) is -1.02. The Morgan fingerprint density at radius 3 is 2.81 bits per heavy atom. The number of nitrogens with zero attached hydrogens (tertiary/aromatic N) is 1. The zero-order valence-electron chi connectivity index (χ0n) is 11.7. The van der Waals surface area contributed by atoms with Crippen LogP contribution in [0.15, 0.2) is 18.2 Å². The molecule has 4 nitrogen and oxygen atoms in total. The summed E-state index contributed by atoms with van der Waals surface area (Å²) >= 11 is 0. The van der Waals surface area contributed by atoms with Gasteiger partial charge in [-0.2, -0.15) is 0 Å². The van der Waals surface area contributed by atoms with Gasteiger partial charge in [0.05, 0.1) is 6.54 Å². The topological polar surface area (TPSA) is 58.4 Å². The summed E-state index contributed by atoms with van der Waals surface area (Å²) in [6.07, 6.45) is 2.21. The van der Waals surface area contributed by atoms with Crippen molar-refractivity contribution >= 4 is 11.6 Å². The third kappa shape index (κ3) is 3.06. The number of likely N-dealkylation sites (tertiary alicyclic amines) is 1. The van der Waals surface area contributed by atoms with Crippen molar-refractivity contribution in [3.8, 4) is 0 Å². The molecule has 0 bridgehead atoms. The molecule has 0 spiro atoms. The molecule has 1 heterocycles. The van der Waals surface area contributed by atoms with Crippen LogP contribution in [0.4, 0.5) is 14.5 Å². The number of carbonyl (C=O) groups excluding carboxylic acids is 1. The first-order valence-electron chi connectivity index (χ1n) is 7.26. The number of nitrogens with two attached hydrogens (primary N) is 1. The van der Waals surface area contributed by atoms with Crippen LogP contribution in [-0.2, 0) is 4.79 Å². The predicted octanol–water partition coefficient (Wildman–Crippen LogP) is 1.57. The SMILES string of the molecule is NC1CCC2CN(CC(=O)Nc3ccc(F)c(F)c3)CC12. The first-order valence-corrected chi connectivity index (χ1v) is 7.26. The van der Waals surface area contributed by atoms with Crippen molar-refractivity contribution < 1.29 is 13.6 Å². The lowest BCUT2D eigenvalue weighted by atomic mass is 9.98. The quantitative estimate of drug-likeness (QED) is 0.890. The molecule has 1 aromatic carbocycles. The van der Waals surface area contributed by atoms with Gasteiger partial charge in [0.2, 0.25) is 5.91 Å². The van der Waals surface area contributed by atoms with Gasteiger partial charge in [-0.15, -0.1) is 0 Å². The van der Waals surface area contributed by atoms with Gasteiger partial charge >= 0.3 is 0 Å². The van der Waals surface area contributed by atoms with Crippen molar-refractivity contribution in [3.05, 3.63) is 29.8 Å². The summed E-state index contributed by atoms with van der Waals surface area (Å²) in [5.41, 5.74) is 6.34. The van der Waals surface area contributed by atoms with Gasteiger partial charge in [0.15, 0.2) is 11.6 Å². The minimum absolute atomic E-state index is 0.213. The van der Waals surface area contributed by atoms with Gasteiger partial charge in [-0.1, -0.05) is 0 Å². The monoisotopic (exact) mass is 295 g/mol. The lowest BCUT2D eigenvalue weighted by molar-refractivity contribution is -0.117. The van der Waals surface area contributed by atoms with Crippen molar-refractivity contribution in [2.75, 3.05) is 25.0 Å². The molecule has 2 aliphatic rings. The molecule has 0 aromatic heterocycles. The van der Waals surface area contributed by atoms with Crippen LogP contribution in [0.5, 0.6) is 0 Å². The van der Waals surface area contributed by atoms with Crippen molar-refractivity contribution in [3.63, 3.8) is 0 Å². The Hall–Kier alpha value is -1.53. The maximum Gasteiger partial charge on any atom is 0.238 e. The fourth-order valence-electron chi connectivity index (χ4n) is 3.51. The van der Waals surface area contributed by atoms with Crippen molar-refractivity contribution in [1.29, 1.82) is 0 Å². The molecule has 114 valence electrons. The van der Waals surface area contributed by atoms with E-state index in [0.717, 1.165) is 38.1 Å². The summed E-state index contributed by atoms with van der Waals surface area (Å²) in [5, 5.41) is 2.60. The molecule has 1 aliphatic carbocycles. The van der Waals surface area contributed by atoms with E-state index in [0.29, 0.717) is 11.8 Å². The second-order valence-corrected chi connectivity index (χ2v) is 6.04. The molecule has 3 rings (SSSR count). The Labute approximate surface area is 122 Å². The Morgan fingerprint density at radius 1 is 1.29 bits per heavy atom. The highest BCUT2D eigenvalue weighted by Gasteiger charge is 2.41. The molecule has 21 heavy (non-hydrogen) atoms. The first-order chi connectivity index (χ1) is 10.0. The minimum Gasteiger partial charge on any atom is -0.327 e. The van der Waals surface area contributed by atoms with Crippen LogP contribution in [0, 0.1) is 23.5 Å². The Morgan fingerprint density at radius 2 is 2.10 bits per heavy atom. The predicted molar refractivity (Wildman–Crippen MR) is 75.6 cm³/mol. The molecule has 3 atom stereocenters. The molecule has 1 amide bonds. The van der Waals surface area contributed by atoms with Gasteiger partial charge < -0.3 is 11.1 Å². The van der Waals surface area contributed by atoms with Gasteiger partial charge in [0.1, 0.15) is 0 Å². The molecule has 2 fully saturated rings. The largest absolute Gasteiger partial charge is 0.327 e. The number of benzene rings is 1. The summed E-state index contributed by atoms with van der Waals surface area (Å²) in [4.78, 5) is 14.1. The van der Waals surface area contributed by atoms with Crippen molar-refractivity contribution in [1.82, 2.24) is 4.90 Å². The molecule has 1 saturated heterocycles. The number of anilines is 1. The number of amides is 1. The second kappa shape index (κ2) is 5.69. The molecule has 3 unspecified atom stereocenters. The molecule has 1 aromatic rings. The molecular weight excluding hydrogens is 276 g/mol. The van der Waals surface area contributed by atoms with Gasteiger partial charge in [-0.25, -0.2) is 8.78 Å². The average molecular weight is 295 g/mol. The number of carbonyl (C=O) groups is 1. The summed E-state index contributed by atoms with van der Waals surface area (Å²) in [6, 6.07) is 3.59. The summed E-state index contributed by atoms with van der Waals surface area (Å²) in [6.45, 7) is 2.00. The number of hydrogen-bond donors (Lipinski definition) is 2. The van der Waals surface area contributed by atoms with Crippen LogP contribution < -0.4 is 11.1 Å². The fraction of sp³-hybridized carbons (Fsp3) is 0.533. The lowest BCUT2D eigenvalue weighted by Gasteiger charge is -2.17. The van der Waals surface area contributed by atoms with E-state index in [1.54, 1.807) is 0 Å². The number of fused-ring (bicyclic) bond motifs is 1. The van der Waals surface area contributed by atoms with E-state index in [1.165, 1.54) is 6.07 Å². The third-order valence-electron chi connectivity index (χ3n) is 4.56. The third-order valence-corrected chi connectivity index (χ3v) is 4.56.